The maximum Gasteiger partial charge on any atom is 0.230 e. The fraction of sp³-hybridized carbons (Fsp3) is 0.0645. The van der Waals surface area contributed by atoms with Crippen molar-refractivity contribution in [3.8, 4) is 16.9 Å². The minimum absolute atomic E-state index is 1.23. The van der Waals surface area contributed by atoms with Crippen LogP contribution < -0.4 is 4.57 Å². The van der Waals surface area contributed by atoms with E-state index in [0.29, 0.717) is 0 Å². The number of rotatable bonds is 2. The Morgan fingerprint density at radius 1 is 0.676 bits per heavy atom. The first-order valence-corrected chi connectivity index (χ1v) is 12.4. The van der Waals surface area contributed by atoms with Crippen LogP contribution in [0.5, 0.6) is 0 Å². The van der Waals surface area contributed by atoms with E-state index in [4.69, 9.17) is 0 Å². The second kappa shape index (κ2) is 7.28. The quantitative estimate of drug-likeness (QED) is 0.234. The second-order valence-electron chi connectivity index (χ2n) is 8.96. The van der Waals surface area contributed by atoms with E-state index >= 15 is 0 Å². The topological polar surface area (TPSA) is 8.81 Å². The molecule has 0 saturated heterocycles. The highest BCUT2D eigenvalue weighted by molar-refractivity contribution is 7.26. The van der Waals surface area contributed by atoms with Gasteiger partial charge in [-0.1, -0.05) is 72.8 Å². The van der Waals surface area contributed by atoms with Crippen LogP contribution >= 0.6 is 11.3 Å². The Balaban J connectivity index is 1.71. The van der Waals surface area contributed by atoms with E-state index in [-0.39, 0.29) is 0 Å². The lowest BCUT2D eigenvalue weighted by molar-refractivity contribution is -0.658. The molecule has 0 atom stereocenters. The van der Waals surface area contributed by atoms with Crippen LogP contribution in [0.3, 0.4) is 0 Å². The molecule has 0 bridgehead atoms. The van der Waals surface area contributed by atoms with Gasteiger partial charge in [-0.2, -0.15) is 4.57 Å². The van der Waals surface area contributed by atoms with Crippen LogP contribution in [0.1, 0.15) is 5.56 Å². The third-order valence-electron chi connectivity index (χ3n) is 6.96. The van der Waals surface area contributed by atoms with Gasteiger partial charge in [0.1, 0.15) is 17.4 Å². The van der Waals surface area contributed by atoms with E-state index in [1.807, 2.05) is 11.3 Å². The Kier molecular flexibility index (Phi) is 4.18. The average Bonchev–Trinajstić information content (AvgIpc) is 3.41. The van der Waals surface area contributed by atoms with Crippen molar-refractivity contribution in [1.82, 2.24) is 4.57 Å². The van der Waals surface area contributed by atoms with E-state index in [0.717, 1.165) is 0 Å². The molecule has 0 aliphatic carbocycles. The molecule has 162 valence electrons. The summed E-state index contributed by atoms with van der Waals surface area (Å²) in [5.74, 6) is 0. The van der Waals surface area contributed by atoms with E-state index in [1.165, 1.54) is 64.5 Å². The summed E-state index contributed by atoms with van der Waals surface area (Å²) in [6.45, 7) is 2.20. The predicted molar refractivity (Wildman–Crippen MR) is 145 cm³/mol. The van der Waals surface area contributed by atoms with Crippen molar-refractivity contribution in [2.24, 2.45) is 7.05 Å². The third kappa shape index (κ3) is 2.65. The molecule has 0 fully saturated rings. The van der Waals surface area contributed by atoms with Gasteiger partial charge in [0.15, 0.2) is 6.20 Å². The Hall–Kier alpha value is -3.95. The Labute approximate surface area is 201 Å². The van der Waals surface area contributed by atoms with Gasteiger partial charge in [0, 0.05) is 26.2 Å². The maximum atomic E-state index is 2.45. The molecule has 0 amide bonds. The first-order valence-electron chi connectivity index (χ1n) is 11.6. The highest BCUT2D eigenvalue weighted by atomic mass is 32.1. The molecule has 0 aliphatic rings. The van der Waals surface area contributed by atoms with Gasteiger partial charge in [0.25, 0.3) is 0 Å². The molecule has 0 aliphatic heterocycles. The molecule has 0 spiro atoms. The summed E-state index contributed by atoms with van der Waals surface area (Å²) in [5.41, 5.74) is 7.56. The van der Waals surface area contributed by atoms with E-state index < -0.39 is 0 Å². The SMILES string of the molecule is Cc1ccccc1-c1c2sc3ccccc3c2c(-n2c3ccccc3c3ccccc32)c[n+]1C. The lowest BCUT2D eigenvalue weighted by Crippen LogP contribution is -2.31. The van der Waals surface area contributed by atoms with Crippen LogP contribution in [-0.2, 0) is 7.05 Å². The van der Waals surface area contributed by atoms with Gasteiger partial charge in [-0.3, -0.25) is 0 Å². The number of fused-ring (bicyclic) bond motifs is 6. The van der Waals surface area contributed by atoms with Gasteiger partial charge in [0.2, 0.25) is 5.69 Å². The van der Waals surface area contributed by atoms with Gasteiger partial charge >= 0.3 is 0 Å². The van der Waals surface area contributed by atoms with Crippen LogP contribution in [0, 0.1) is 6.92 Å². The maximum absolute atomic E-state index is 2.45. The van der Waals surface area contributed by atoms with Gasteiger partial charge in [0.05, 0.1) is 16.6 Å². The number of pyridine rings is 1. The molecule has 7 aromatic rings. The number of benzene rings is 4. The number of aromatic nitrogens is 2. The average molecular weight is 456 g/mol. The largest absolute Gasteiger partial charge is 0.303 e. The minimum atomic E-state index is 1.23. The number of hydrogen-bond acceptors (Lipinski definition) is 1. The van der Waals surface area contributed by atoms with Crippen LogP contribution in [-0.4, -0.2) is 4.57 Å². The fourth-order valence-electron chi connectivity index (χ4n) is 5.44. The van der Waals surface area contributed by atoms with E-state index in [2.05, 4.69) is 126 Å². The summed E-state index contributed by atoms with van der Waals surface area (Å²) in [7, 11) is 2.18. The van der Waals surface area contributed by atoms with Crippen molar-refractivity contribution in [1.29, 1.82) is 0 Å². The number of aryl methyl sites for hydroxylation is 2. The Morgan fingerprint density at radius 2 is 1.26 bits per heavy atom. The molecule has 4 aromatic carbocycles. The predicted octanol–water partition coefficient (Wildman–Crippen LogP) is 7.95. The second-order valence-corrected chi connectivity index (χ2v) is 10.0. The zero-order chi connectivity index (χ0) is 22.8. The van der Waals surface area contributed by atoms with Gasteiger partial charge in [-0.05, 0) is 36.8 Å². The highest BCUT2D eigenvalue weighted by Crippen LogP contribution is 2.43. The van der Waals surface area contributed by atoms with Crippen LogP contribution in [0.15, 0.2) is 103 Å². The molecule has 2 nitrogen and oxygen atoms in total. The van der Waals surface area contributed by atoms with Crippen LogP contribution in [0.2, 0.25) is 0 Å². The minimum Gasteiger partial charge on any atom is -0.303 e. The first kappa shape index (κ1) is 19.5. The lowest BCUT2D eigenvalue weighted by atomic mass is 10.0. The number of thiophene rings is 1. The fourth-order valence-corrected chi connectivity index (χ4v) is 6.76. The van der Waals surface area contributed by atoms with Gasteiger partial charge < -0.3 is 4.57 Å². The summed E-state index contributed by atoms with van der Waals surface area (Å²) in [6.07, 6.45) is 2.32. The molecular weight excluding hydrogens is 432 g/mol. The smallest absolute Gasteiger partial charge is 0.230 e. The van der Waals surface area contributed by atoms with Crippen molar-refractivity contribution in [2.45, 2.75) is 6.92 Å². The van der Waals surface area contributed by atoms with Crippen LogP contribution in [0.25, 0.3) is 58.9 Å². The number of hydrogen-bond donors (Lipinski definition) is 0. The van der Waals surface area contributed by atoms with Crippen molar-refractivity contribution in [3.63, 3.8) is 0 Å². The number of para-hydroxylation sites is 2. The molecule has 34 heavy (non-hydrogen) atoms. The van der Waals surface area contributed by atoms with Gasteiger partial charge in [-0.15, -0.1) is 11.3 Å². The molecule has 0 unspecified atom stereocenters. The monoisotopic (exact) mass is 455 g/mol. The van der Waals surface area contributed by atoms with Crippen molar-refractivity contribution in [2.75, 3.05) is 0 Å². The number of nitrogens with zero attached hydrogens (tertiary/aromatic N) is 2. The molecule has 7 rings (SSSR count). The summed E-state index contributed by atoms with van der Waals surface area (Å²) < 4.78 is 7.42. The summed E-state index contributed by atoms with van der Waals surface area (Å²) in [5, 5.41) is 5.21. The zero-order valence-corrected chi connectivity index (χ0v) is 19.9. The first-order chi connectivity index (χ1) is 16.7. The van der Waals surface area contributed by atoms with Crippen molar-refractivity contribution >= 4 is 53.3 Å². The lowest BCUT2D eigenvalue weighted by Gasteiger charge is -2.12. The summed E-state index contributed by atoms with van der Waals surface area (Å²) in [6, 6.07) is 35.0. The molecular formula is C31H23N2S+. The molecule has 0 N–H and O–H groups in total. The summed E-state index contributed by atoms with van der Waals surface area (Å²) >= 11 is 1.89. The Bertz CT molecular complexity index is 1830. The van der Waals surface area contributed by atoms with E-state index in [9.17, 15) is 0 Å². The van der Waals surface area contributed by atoms with Crippen LogP contribution in [0.4, 0.5) is 0 Å². The molecule has 3 heteroatoms. The highest BCUT2D eigenvalue weighted by Gasteiger charge is 2.26. The molecule has 0 saturated carbocycles. The summed E-state index contributed by atoms with van der Waals surface area (Å²) in [4.78, 5) is 0. The zero-order valence-electron chi connectivity index (χ0n) is 19.1. The van der Waals surface area contributed by atoms with Gasteiger partial charge in [-0.25, -0.2) is 0 Å². The molecule has 3 heterocycles. The standard InChI is InChI=1S/C31H23N2S/c1-20-11-3-4-12-21(20)30-31-29(24-15-7-10-18-28(24)34-31)27(19-32(30)2)33-25-16-8-5-13-22(25)23-14-6-9-17-26(23)33/h3-19H,1-2H3/q+1. The normalized spacial score (nSPS) is 11.8. The van der Waals surface area contributed by atoms with Crippen molar-refractivity contribution < 1.29 is 4.57 Å². The Morgan fingerprint density at radius 3 is 1.97 bits per heavy atom. The molecule has 3 aromatic heterocycles. The third-order valence-corrected chi connectivity index (χ3v) is 8.13. The van der Waals surface area contributed by atoms with Crippen molar-refractivity contribution in [3.05, 3.63) is 109 Å². The molecule has 0 radical (unpaired) electrons. The van der Waals surface area contributed by atoms with E-state index in [1.54, 1.807) is 0 Å².